The van der Waals surface area contributed by atoms with Crippen LogP contribution in [0.3, 0.4) is 0 Å². The number of carbonyl (C=O) groups is 1. The second-order valence-corrected chi connectivity index (χ2v) is 4.74. The molecule has 2 rings (SSSR count). The molecule has 1 heterocycles. The van der Waals surface area contributed by atoms with Crippen molar-refractivity contribution in [3.8, 4) is 23.7 Å². The lowest BCUT2D eigenvalue weighted by Gasteiger charge is -2.02. The van der Waals surface area contributed by atoms with Gasteiger partial charge in [-0.15, -0.1) is 6.42 Å². The number of furan rings is 1. The van der Waals surface area contributed by atoms with E-state index in [1.54, 1.807) is 12.1 Å². The van der Waals surface area contributed by atoms with Crippen molar-refractivity contribution in [2.75, 3.05) is 6.61 Å². The van der Waals surface area contributed by atoms with Gasteiger partial charge in [0.15, 0.2) is 6.61 Å². The van der Waals surface area contributed by atoms with Crippen LogP contribution in [0.2, 0.25) is 5.02 Å². The van der Waals surface area contributed by atoms with Crippen LogP contribution < -0.4 is 0 Å². The molecule has 0 N–H and O–H groups in total. The molecule has 0 unspecified atom stereocenters. The summed E-state index contributed by atoms with van der Waals surface area (Å²) in [5.74, 6) is 2.98. The van der Waals surface area contributed by atoms with Crippen molar-refractivity contribution in [2.45, 2.75) is 6.92 Å². The number of halogens is 1. The van der Waals surface area contributed by atoms with Crippen LogP contribution in [0.25, 0.3) is 17.4 Å². The Morgan fingerprint density at radius 3 is 2.95 bits per heavy atom. The Kier molecular flexibility index (Phi) is 4.86. The molecule has 0 aliphatic rings. The van der Waals surface area contributed by atoms with Gasteiger partial charge >= 0.3 is 5.97 Å². The van der Waals surface area contributed by atoms with E-state index in [2.05, 4.69) is 5.92 Å². The van der Waals surface area contributed by atoms with Crippen molar-refractivity contribution >= 4 is 23.6 Å². The minimum absolute atomic E-state index is 0.0451. The highest BCUT2D eigenvalue weighted by Gasteiger charge is 2.07. The summed E-state index contributed by atoms with van der Waals surface area (Å²) in [4.78, 5) is 11.3. The fourth-order valence-corrected chi connectivity index (χ4v) is 2.03. The second-order valence-electron chi connectivity index (χ2n) is 4.31. The molecular formula is C17H13ClO3. The third-order valence-corrected chi connectivity index (χ3v) is 3.00. The van der Waals surface area contributed by atoms with Crippen LogP contribution in [0.15, 0.2) is 40.8 Å². The van der Waals surface area contributed by atoms with Crippen molar-refractivity contribution in [2.24, 2.45) is 0 Å². The maximum absolute atomic E-state index is 11.3. The highest BCUT2D eigenvalue weighted by atomic mass is 35.5. The number of benzene rings is 1. The van der Waals surface area contributed by atoms with Crippen LogP contribution in [0.5, 0.6) is 0 Å². The van der Waals surface area contributed by atoms with E-state index < -0.39 is 5.97 Å². The predicted molar refractivity (Wildman–Crippen MR) is 82.7 cm³/mol. The number of hydrogen-bond acceptors (Lipinski definition) is 3. The topological polar surface area (TPSA) is 39.4 Å². The van der Waals surface area contributed by atoms with Crippen LogP contribution in [0.4, 0.5) is 0 Å². The number of aryl methyl sites for hydroxylation is 1. The molecule has 0 aliphatic heterocycles. The molecule has 0 amide bonds. The van der Waals surface area contributed by atoms with Gasteiger partial charge in [-0.3, -0.25) is 0 Å². The average Bonchev–Trinajstić information content (AvgIpc) is 2.91. The molecule has 1 aromatic carbocycles. The molecule has 2 aromatic rings. The number of carbonyl (C=O) groups excluding carboxylic acids is 1. The van der Waals surface area contributed by atoms with E-state index in [0.29, 0.717) is 16.5 Å². The van der Waals surface area contributed by atoms with E-state index in [9.17, 15) is 4.79 Å². The Morgan fingerprint density at radius 2 is 2.24 bits per heavy atom. The van der Waals surface area contributed by atoms with Gasteiger partial charge < -0.3 is 9.15 Å². The predicted octanol–water partition coefficient (Wildman–Crippen LogP) is 4.10. The third-order valence-electron chi connectivity index (χ3n) is 2.76. The SMILES string of the molecule is C#CCOC(=O)/C=C/c1ccc(-c2ccc(Cl)cc2C)o1. The smallest absolute Gasteiger partial charge is 0.331 e. The molecule has 3 nitrogen and oxygen atoms in total. The largest absolute Gasteiger partial charge is 0.457 e. The summed E-state index contributed by atoms with van der Waals surface area (Å²) in [6.07, 6.45) is 7.81. The van der Waals surface area contributed by atoms with E-state index in [0.717, 1.165) is 11.1 Å². The van der Waals surface area contributed by atoms with Gasteiger partial charge in [0.25, 0.3) is 0 Å². The highest BCUT2D eigenvalue weighted by Crippen LogP contribution is 2.27. The van der Waals surface area contributed by atoms with Gasteiger partial charge in [-0.05, 0) is 48.9 Å². The standard InChI is InChI=1S/C17H13ClO3/c1-3-10-20-17(19)9-6-14-5-8-16(21-14)15-7-4-13(18)11-12(15)2/h1,4-9,11H,10H2,2H3/b9-6+. The van der Waals surface area contributed by atoms with Crippen LogP contribution in [0.1, 0.15) is 11.3 Å². The van der Waals surface area contributed by atoms with E-state index in [1.807, 2.05) is 25.1 Å². The Labute approximate surface area is 128 Å². The number of ether oxygens (including phenoxy) is 1. The zero-order valence-corrected chi connectivity index (χ0v) is 12.2. The highest BCUT2D eigenvalue weighted by molar-refractivity contribution is 6.30. The van der Waals surface area contributed by atoms with Gasteiger partial charge in [0.1, 0.15) is 11.5 Å². The van der Waals surface area contributed by atoms with Crippen LogP contribution >= 0.6 is 11.6 Å². The lowest BCUT2D eigenvalue weighted by molar-refractivity contribution is -0.136. The number of terminal acetylenes is 1. The summed E-state index contributed by atoms with van der Waals surface area (Å²) in [7, 11) is 0. The number of hydrogen-bond donors (Lipinski definition) is 0. The van der Waals surface area contributed by atoms with Crippen molar-refractivity contribution in [3.05, 3.63) is 52.8 Å². The van der Waals surface area contributed by atoms with Crippen molar-refractivity contribution in [1.82, 2.24) is 0 Å². The molecule has 1 aromatic heterocycles. The molecule has 0 saturated heterocycles. The zero-order valence-electron chi connectivity index (χ0n) is 11.4. The van der Waals surface area contributed by atoms with Crippen molar-refractivity contribution < 1.29 is 13.9 Å². The summed E-state index contributed by atoms with van der Waals surface area (Å²) in [6, 6.07) is 9.17. The summed E-state index contributed by atoms with van der Waals surface area (Å²) in [5, 5.41) is 0.680. The van der Waals surface area contributed by atoms with Gasteiger partial charge in [-0.25, -0.2) is 4.79 Å². The Hall–Kier alpha value is -2.44. The number of rotatable bonds is 4. The monoisotopic (exact) mass is 300 g/mol. The van der Waals surface area contributed by atoms with Crippen LogP contribution in [0, 0.1) is 19.3 Å². The summed E-state index contributed by atoms with van der Waals surface area (Å²) in [5.41, 5.74) is 1.97. The first kappa shape index (κ1) is 15.0. The molecular weight excluding hydrogens is 288 g/mol. The quantitative estimate of drug-likeness (QED) is 0.485. The Balaban J connectivity index is 2.13. The van der Waals surface area contributed by atoms with Gasteiger partial charge in [0.2, 0.25) is 0 Å². The Morgan fingerprint density at radius 1 is 1.43 bits per heavy atom. The van der Waals surface area contributed by atoms with E-state index in [4.69, 9.17) is 27.2 Å². The summed E-state index contributed by atoms with van der Waals surface area (Å²) < 4.78 is 10.4. The van der Waals surface area contributed by atoms with Gasteiger partial charge in [0, 0.05) is 16.7 Å². The molecule has 0 saturated carbocycles. The molecule has 0 radical (unpaired) electrons. The second kappa shape index (κ2) is 6.83. The van der Waals surface area contributed by atoms with E-state index in [-0.39, 0.29) is 6.61 Å². The average molecular weight is 301 g/mol. The molecule has 0 atom stereocenters. The molecule has 0 spiro atoms. The minimum atomic E-state index is -0.506. The fraction of sp³-hybridized carbons (Fsp3) is 0.118. The molecule has 0 aliphatic carbocycles. The first-order valence-corrected chi connectivity index (χ1v) is 6.62. The van der Waals surface area contributed by atoms with Crippen LogP contribution in [-0.4, -0.2) is 12.6 Å². The Bertz CT molecular complexity index is 720. The maximum atomic E-state index is 11.3. The molecule has 21 heavy (non-hydrogen) atoms. The zero-order chi connectivity index (χ0) is 15.2. The van der Waals surface area contributed by atoms with Crippen LogP contribution in [-0.2, 0) is 9.53 Å². The van der Waals surface area contributed by atoms with E-state index >= 15 is 0 Å². The molecule has 0 bridgehead atoms. The fourth-order valence-electron chi connectivity index (χ4n) is 1.80. The lowest BCUT2D eigenvalue weighted by Crippen LogP contribution is -1.99. The third kappa shape index (κ3) is 4.01. The van der Waals surface area contributed by atoms with Gasteiger partial charge in [-0.1, -0.05) is 17.5 Å². The molecule has 0 fully saturated rings. The summed E-state index contributed by atoms with van der Waals surface area (Å²) in [6.45, 7) is 1.91. The lowest BCUT2D eigenvalue weighted by atomic mass is 10.1. The first-order chi connectivity index (χ1) is 10.1. The molecule has 106 valence electrons. The van der Waals surface area contributed by atoms with Crippen molar-refractivity contribution in [3.63, 3.8) is 0 Å². The number of esters is 1. The maximum Gasteiger partial charge on any atom is 0.331 e. The normalized spacial score (nSPS) is 10.5. The van der Waals surface area contributed by atoms with E-state index in [1.165, 1.54) is 12.2 Å². The minimum Gasteiger partial charge on any atom is -0.457 e. The summed E-state index contributed by atoms with van der Waals surface area (Å²) >= 11 is 5.93. The molecule has 4 heteroatoms. The first-order valence-electron chi connectivity index (χ1n) is 6.25. The van der Waals surface area contributed by atoms with Crippen molar-refractivity contribution in [1.29, 1.82) is 0 Å². The van der Waals surface area contributed by atoms with Gasteiger partial charge in [-0.2, -0.15) is 0 Å². The van der Waals surface area contributed by atoms with Gasteiger partial charge in [0.05, 0.1) is 0 Å².